The van der Waals surface area contributed by atoms with Gasteiger partial charge in [-0.15, -0.1) is 0 Å². The lowest BCUT2D eigenvalue weighted by atomic mass is 10.0. The first-order valence-electron chi connectivity index (χ1n) is 8.20. The minimum Gasteiger partial charge on any atom is -0.468 e. The van der Waals surface area contributed by atoms with Crippen LogP contribution in [-0.4, -0.2) is 43.8 Å². The number of hydrogen-bond donors (Lipinski definition) is 0. The Morgan fingerprint density at radius 3 is 1.85 bits per heavy atom. The van der Waals surface area contributed by atoms with Gasteiger partial charge in [0.15, 0.2) is 5.92 Å². The zero-order valence-corrected chi connectivity index (χ0v) is 16.3. The van der Waals surface area contributed by atoms with Crippen molar-refractivity contribution >= 4 is 19.5 Å². The monoisotopic (exact) mass is 394 g/mol. The summed E-state index contributed by atoms with van der Waals surface area (Å²) in [4.78, 5) is 24.9. The Bertz CT molecular complexity index is 557. The van der Waals surface area contributed by atoms with E-state index in [9.17, 15) is 14.2 Å². The Labute approximate surface area is 152 Å². The number of furan rings is 1. The summed E-state index contributed by atoms with van der Waals surface area (Å²) in [5.41, 5.74) is -1.31. The summed E-state index contributed by atoms with van der Waals surface area (Å²) in [5, 5.41) is 0. The molecule has 150 valence electrons. The standard InChI is InChI=1S/C16H25O8P.H2O/c1-5-20-15(17)13(16(18)21-6-2)14(12-10-9-11-22-12)25(19,23-7-3)24-8-4;/h9-11,13-14H,5-8H2,1-4H3;1H2. The minimum absolute atomic E-state index is 0. The minimum atomic E-state index is -3.92. The lowest BCUT2D eigenvalue weighted by Crippen LogP contribution is -2.34. The molecule has 0 aliphatic carbocycles. The van der Waals surface area contributed by atoms with E-state index in [0.29, 0.717) is 0 Å². The number of esters is 2. The van der Waals surface area contributed by atoms with E-state index in [1.54, 1.807) is 33.8 Å². The van der Waals surface area contributed by atoms with Crippen molar-refractivity contribution in [2.45, 2.75) is 33.4 Å². The van der Waals surface area contributed by atoms with Crippen LogP contribution in [-0.2, 0) is 32.7 Å². The van der Waals surface area contributed by atoms with Crippen LogP contribution < -0.4 is 0 Å². The van der Waals surface area contributed by atoms with Crippen LogP contribution in [0.15, 0.2) is 22.8 Å². The largest absolute Gasteiger partial charge is 0.468 e. The predicted molar refractivity (Wildman–Crippen MR) is 92.7 cm³/mol. The highest BCUT2D eigenvalue weighted by Crippen LogP contribution is 2.64. The highest BCUT2D eigenvalue weighted by Gasteiger charge is 2.52. The number of carbonyl (C=O) groups excluding carboxylic acids is 2. The number of ether oxygens (including phenoxy) is 2. The molecule has 9 nitrogen and oxygen atoms in total. The molecular formula is C16H27O9P. The van der Waals surface area contributed by atoms with E-state index < -0.39 is 31.1 Å². The van der Waals surface area contributed by atoms with Crippen molar-refractivity contribution in [3.63, 3.8) is 0 Å². The topological polar surface area (TPSA) is 133 Å². The van der Waals surface area contributed by atoms with Crippen LogP contribution in [0.3, 0.4) is 0 Å². The highest BCUT2D eigenvalue weighted by molar-refractivity contribution is 7.54. The van der Waals surface area contributed by atoms with Gasteiger partial charge in [-0.25, -0.2) is 0 Å². The average Bonchev–Trinajstić information content (AvgIpc) is 3.06. The van der Waals surface area contributed by atoms with Gasteiger partial charge < -0.3 is 28.4 Å². The third kappa shape index (κ3) is 5.95. The molecule has 0 amide bonds. The molecule has 0 aromatic carbocycles. The molecule has 1 atom stereocenters. The molecule has 1 aromatic rings. The average molecular weight is 394 g/mol. The maximum absolute atomic E-state index is 13.4. The van der Waals surface area contributed by atoms with Crippen LogP contribution in [0.5, 0.6) is 0 Å². The molecule has 1 heterocycles. The molecule has 0 fully saturated rings. The first-order valence-corrected chi connectivity index (χ1v) is 9.81. The Kier molecular flexibility index (Phi) is 11.1. The first-order chi connectivity index (χ1) is 11.9. The van der Waals surface area contributed by atoms with Crippen LogP contribution in [0, 0.1) is 5.92 Å². The predicted octanol–water partition coefficient (Wildman–Crippen LogP) is 2.50. The maximum Gasteiger partial charge on any atom is 0.342 e. The fraction of sp³-hybridized carbons (Fsp3) is 0.625. The molecular weight excluding hydrogens is 367 g/mol. The smallest absolute Gasteiger partial charge is 0.342 e. The van der Waals surface area contributed by atoms with Gasteiger partial charge in [-0.2, -0.15) is 0 Å². The van der Waals surface area contributed by atoms with Crippen molar-refractivity contribution in [1.82, 2.24) is 0 Å². The number of rotatable bonds is 11. The fourth-order valence-corrected chi connectivity index (χ4v) is 4.52. The zero-order chi connectivity index (χ0) is 18.9. The van der Waals surface area contributed by atoms with Gasteiger partial charge in [-0.3, -0.25) is 14.2 Å². The zero-order valence-electron chi connectivity index (χ0n) is 15.4. The highest BCUT2D eigenvalue weighted by atomic mass is 31.2. The van der Waals surface area contributed by atoms with Crippen LogP contribution in [0.25, 0.3) is 0 Å². The molecule has 1 aromatic heterocycles. The summed E-state index contributed by atoms with van der Waals surface area (Å²) in [7, 11) is -3.92. The summed E-state index contributed by atoms with van der Waals surface area (Å²) in [6, 6.07) is 3.05. The quantitative estimate of drug-likeness (QED) is 0.318. The molecule has 0 spiro atoms. The molecule has 0 bridgehead atoms. The van der Waals surface area contributed by atoms with E-state index in [2.05, 4.69) is 0 Å². The van der Waals surface area contributed by atoms with Crippen LogP contribution in [0.1, 0.15) is 39.1 Å². The van der Waals surface area contributed by atoms with Gasteiger partial charge in [0.2, 0.25) is 0 Å². The van der Waals surface area contributed by atoms with E-state index in [4.69, 9.17) is 22.9 Å². The third-order valence-electron chi connectivity index (χ3n) is 3.19. The van der Waals surface area contributed by atoms with Gasteiger partial charge in [-0.1, -0.05) is 0 Å². The van der Waals surface area contributed by atoms with E-state index in [0.717, 1.165) is 0 Å². The summed E-state index contributed by atoms with van der Waals surface area (Å²) in [6.07, 6.45) is 1.35. The SMILES string of the molecule is CCOC(=O)C(C(=O)OCC)C(c1ccco1)P(=O)(OCC)OCC.O. The summed E-state index contributed by atoms with van der Waals surface area (Å²) in [6.45, 7) is 6.70. The van der Waals surface area contributed by atoms with Crippen molar-refractivity contribution in [3.05, 3.63) is 24.2 Å². The van der Waals surface area contributed by atoms with Gasteiger partial charge in [0.1, 0.15) is 11.4 Å². The Balaban J connectivity index is 0.00000625. The van der Waals surface area contributed by atoms with E-state index in [1.807, 2.05) is 0 Å². The van der Waals surface area contributed by atoms with Crippen molar-refractivity contribution in [3.8, 4) is 0 Å². The molecule has 0 saturated carbocycles. The lowest BCUT2D eigenvalue weighted by Gasteiger charge is -2.28. The molecule has 2 N–H and O–H groups in total. The van der Waals surface area contributed by atoms with Crippen LogP contribution >= 0.6 is 7.60 Å². The summed E-state index contributed by atoms with van der Waals surface area (Å²) < 4.78 is 39.4. The Morgan fingerprint density at radius 2 is 1.50 bits per heavy atom. The van der Waals surface area contributed by atoms with E-state index >= 15 is 0 Å². The number of hydrogen-bond acceptors (Lipinski definition) is 8. The fourth-order valence-electron chi connectivity index (χ4n) is 2.34. The number of carbonyl (C=O) groups is 2. The molecule has 0 saturated heterocycles. The summed E-state index contributed by atoms with van der Waals surface area (Å²) >= 11 is 0. The first kappa shape index (κ1) is 24.3. The van der Waals surface area contributed by atoms with Crippen molar-refractivity contribution in [2.24, 2.45) is 5.92 Å². The van der Waals surface area contributed by atoms with Crippen molar-refractivity contribution in [1.29, 1.82) is 0 Å². The molecule has 1 unspecified atom stereocenters. The van der Waals surface area contributed by atoms with Gasteiger partial charge >= 0.3 is 19.5 Å². The molecule has 0 radical (unpaired) electrons. The van der Waals surface area contributed by atoms with E-state index in [1.165, 1.54) is 12.3 Å². The second-order valence-electron chi connectivity index (χ2n) is 4.82. The van der Waals surface area contributed by atoms with Crippen LogP contribution in [0.4, 0.5) is 0 Å². The maximum atomic E-state index is 13.4. The normalized spacial score (nSPS) is 12.3. The Hall–Kier alpha value is -1.67. The van der Waals surface area contributed by atoms with Crippen molar-refractivity contribution in [2.75, 3.05) is 26.4 Å². The third-order valence-corrected chi connectivity index (χ3v) is 5.66. The van der Waals surface area contributed by atoms with Crippen molar-refractivity contribution < 1.29 is 42.6 Å². The molecule has 0 aliphatic heterocycles. The summed E-state index contributed by atoms with van der Waals surface area (Å²) in [5.74, 6) is -3.16. The van der Waals surface area contributed by atoms with Gasteiger partial charge in [-0.05, 0) is 39.8 Å². The van der Waals surface area contributed by atoms with Gasteiger partial charge in [0.25, 0.3) is 0 Å². The van der Waals surface area contributed by atoms with Crippen LogP contribution in [0.2, 0.25) is 0 Å². The lowest BCUT2D eigenvalue weighted by molar-refractivity contribution is -0.162. The second kappa shape index (κ2) is 11.9. The van der Waals surface area contributed by atoms with Gasteiger partial charge in [0.05, 0.1) is 32.7 Å². The second-order valence-corrected chi connectivity index (χ2v) is 6.97. The molecule has 26 heavy (non-hydrogen) atoms. The molecule has 10 heteroatoms. The molecule has 1 rings (SSSR count). The molecule has 0 aliphatic rings. The Morgan fingerprint density at radius 1 is 1.00 bits per heavy atom. The van der Waals surface area contributed by atoms with E-state index in [-0.39, 0.29) is 37.7 Å². The van der Waals surface area contributed by atoms with Gasteiger partial charge in [0, 0.05) is 0 Å².